The number of nitrogens with zero attached hydrogens (tertiary/aromatic N) is 4. The normalized spacial score (nSPS) is 13.7. The molecule has 1 amide bonds. The molecular formula is C28H29ClFN5O2. The molecule has 37 heavy (non-hydrogen) atoms. The third-order valence-corrected chi connectivity index (χ3v) is 6.76. The first kappa shape index (κ1) is 24.9. The van der Waals surface area contributed by atoms with Gasteiger partial charge in [0.25, 0.3) is 5.91 Å². The Hall–Kier alpha value is -3.78. The van der Waals surface area contributed by atoms with Crippen LogP contribution < -0.4 is 19.9 Å². The Balaban J connectivity index is 1.10. The zero-order valence-electron chi connectivity index (χ0n) is 20.7. The van der Waals surface area contributed by atoms with Gasteiger partial charge in [0, 0.05) is 43.8 Å². The van der Waals surface area contributed by atoms with Crippen LogP contribution in [0.3, 0.4) is 0 Å². The smallest absolute Gasteiger partial charge is 0.270 e. The number of piperazine rings is 1. The van der Waals surface area contributed by atoms with Gasteiger partial charge in [0.05, 0.1) is 17.3 Å². The Kier molecular flexibility index (Phi) is 7.46. The van der Waals surface area contributed by atoms with Gasteiger partial charge in [-0.3, -0.25) is 9.20 Å². The number of fused-ring (bicyclic) bond motifs is 1. The Morgan fingerprint density at radius 3 is 2.22 bits per heavy atom. The number of benzene rings is 2. The fourth-order valence-corrected chi connectivity index (χ4v) is 4.76. The molecule has 0 bridgehead atoms. The number of amides is 1. The molecular weight excluding hydrogens is 493 g/mol. The minimum Gasteiger partial charge on any atom is -0.492 e. The predicted octanol–water partition coefficient (Wildman–Crippen LogP) is 4.82. The maximum atomic E-state index is 13.2. The van der Waals surface area contributed by atoms with E-state index in [9.17, 15) is 9.18 Å². The number of carbonyl (C=O) groups excluding carboxylic acids is 1. The molecule has 7 nitrogen and oxygen atoms in total. The monoisotopic (exact) mass is 521 g/mol. The van der Waals surface area contributed by atoms with Crippen LogP contribution >= 0.6 is 11.6 Å². The van der Waals surface area contributed by atoms with E-state index in [2.05, 4.69) is 32.2 Å². The molecule has 192 valence electrons. The molecule has 3 heterocycles. The molecule has 4 aromatic rings. The number of aromatic nitrogens is 2. The van der Waals surface area contributed by atoms with Crippen molar-refractivity contribution in [2.24, 2.45) is 0 Å². The summed E-state index contributed by atoms with van der Waals surface area (Å²) >= 11 is 6.12. The molecule has 1 N–H and O–H groups in total. The van der Waals surface area contributed by atoms with Gasteiger partial charge in [-0.25, -0.2) is 9.37 Å². The molecule has 0 radical (unpaired) electrons. The SMILES string of the molecule is CCc1nc2ccc(Cl)cn2c1C(=O)NCCOc1ccc(N2CCN(c3ccc(F)cc3)CC2)cc1. The van der Waals surface area contributed by atoms with Crippen LogP contribution in [0.2, 0.25) is 5.02 Å². The maximum Gasteiger partial charge on any atom is 0.270 e. The number of ether oxygens (including phenoxy) is 1. The molecule has 1 saturated heterocycles. The van der Waals surface area contributed by atoms with Crippen LogP contribution in [-0.2, 0) is 6.42 Å². The lowest BCUT2D eigenvalue weighted by Crippen LogP contribution is -2.46. The fourth-order valence-electron chi connectivity index (χ4n) is 4.60. The van der Waals surface area contributed by atoms with E-state index in [1.54, 1.807) is 22.7 Å². The molecule has 5 rings (SSSR count). The Labute approximate surface area is 220 Å². The minimum absolute atomic E-state index is 0.203. The van der Waals surface area contributed by atoms with E-state index >= 15 is 0 Å². The molecule has 9 heteroatoms. The van der Waals surface area contributed by atoms with Crippen LogP contribution in [0.25, 0.3) is 5.65 Å². The number of hydrogen-bond acceptors (Lipinski definition) is 5. The lowest BCUT2D eigenvalue weighted by molar-refractivity contribution is 0.0940. The Morgan fingerprint density at radius 2 is 1.59 bits per heavy atom. The van der Waals surface area contributed by atoms with E-state index in [4.69, 9.17) is 16.3 Å². The Bertz CT molecular complexity index is 1370. The summed E-state index contributed by atoms with van der Waals surface area (Å²) < 4.78 is 20.8. The average molecular weight is 522 g/mol. The molecule has 0 unspecified atom stereocenters. The van der Waals surface area contributed by atoms with E-state index in [1.807, 2.05) is 31.2 Å². The largest absolute Gasteiger partial charge is 0.492 e. The number of hydrogen-bond donors (Lipinski definition) is 1. The summed E-state index contributed by atoms with van der Waals surface area (Å²) in [7, 11) is 0. The number of imidazole rings is 1. The number of halogens is 2. The summed E-state index contributed by atoms with van der Waals surface area (Å²) in [6.45, 7) is 6.21. The summed E-state index contributed by atoms with van der Waals surface area (Å²) in [6, 6.07) is 18.2. The van der Waals surface area contributed by atoms with E-state index in [0.29, 0.717) is 35.9 Å². The lowest BCUT2D eigenvalue weighted by Gasteiger charge is -2.37. The number of pyridine rings is 1. The molecule has 2 aromatic carbocycles. The van der Waals surface area contributed by atoms with Gasteiger partial charge >= 0.3 is 0 Å². The number of rotatable bonds is 8. The fraction of sp³-hybridized carbons (Fsp3) is 0.286. The van der Waals surface area contributed by atoms with Gasteiger partial charge in [-0.2, -0.15) is 0 Å². The summed E-state index contributed by atoms with van der Waals surface area (Å²) in [4.78, 5) is 22.0. The van der Waals surface area contributed by atoms with E-state index in [-0.39, 0.29) is 11.7 Å². The van der Waals surface area contributed by atoms with Crippen molar-refractivity contribution in [2.45, 2.75) is 13.3 Å². The first-order valence-electron chi connectivity index (χ1n) is 12.4. The van der Waals surface area contributed by atoms with Crippen molar-refractivity contribution in [3.63, 3.8) is 0 Å². The zero-order chi connectivity index (χ0) is 25.8. The van der Waals surface area contributed by atoms with Crippen molar-refractivity contribution in [1.29, 1.82) is 0 Å². The topological polar surface area (TPSA) is 62.1 Å². The number of anilines is 2. The molecule has 1 fully saturated rings. The van der Waals surface area contributed by atoms with Crippen molar-refractivity contribution in [2.75, 3.05) is 49.1 Å². The second kappa shape index (κ2) is 11.1. The lowest BCUT2D eigenvalue weighted by atomic mass is 10.2. The minimum atomic E-state index is -0.213. The average Bonchev–Trinajstić information content (AvgIpc) is 3.30. The standard InChI is InChI=1S/C28H29ClFN5O2/c1-2-25-27(35-19-20(29)3-12-26(35)32-25)28(36)31-13-18-37-24-10-8-23(9-11-24)34-16-14-33(15-17-34)22-6-4-21(30)5-7-22/h3-12,19H,2,13-18H2,1H3,(H,31,36). The van der Waals surface area contributed by atoms with Crippen LogP contribution in [0.1, 0.15) is 23.1 Å². The van der Waals surface area contributed by atoms with Crippen molar-refractivity contribution < 1.29 is 13.9 Å². The van der Waals surface area contributed by atoms with Crippen molar-refractivity contribution in [3.8, 4) is 5.75 Å². The van der Waals surface area contributed by atoms with E-state index in [1.165, 1.54) is 12.1 Å². The number of nitrogens with one attached hydrogen (secondary N) is 1. The summed E-state index contributed by atoms with van der Waals surface area (Å²) in [5.74, 6) is 0.333. The molecule has 1 aliphatic heterocycles. The van der Waals surface area contributed by atoms with Crippen LogP contribution in [-0.4, -0.2) is 54.6 Å². The van der Waals surface area contributed by atoms with Gasteiger partial charge in [-0.05, 0) is 67.1 Å². The highest BCUT2D eigenvalue weighted by atomic mass is 35.5. The van der Waals surface area contributed by atoms with Gasteiger partial charge < -0.3 is 19.9 Å². The number of aryl methyl sites for hydroxylation is 1. The summed E-state index contributed by atoms with van der Waals surface area (Å²) in [6.07, 6.45) is 2.35. The molecule has 0 aliphatic carbocycles. The molecule has 2 aromatic heterocycles. The third-order valence-electron chi connectivity index (χ3n) is 6.53. The van der Waals surface area contributed by atoms with Gasteiger partial charge in [-0.15, -0.1) is 0 Å². The number of carbonyl (C=O) groups is 1. The molecule has 0 saturated carbocycles. The van der Waals surface area contributed by atoms with Crippen LogP contribution in [0.5, 0.6) is 5.75 Å². The van der Waals surface area contributed by atoms with Crippen LogP contribution in [0.4, 0.5) is 15.8 Å². The van der Waals surface area contributed by atoms with Gasteiger partial charge in [0.2, 0.25) is 0 Å². The second-order valence-corrected chi connectivity index (χ2v) is 9.32. The quantitative estimate of drug-likeness (QED) is 0.337. The first-order chi connectivity index (χ1) is 18.0. The van der Waals surface area contributed by atoms with E-state index in [0.717, 1.165) is 49.0 Å². The van der Waals surface area contributed by atoms with E-state index < -0.39 is 0 Å². The second-order valence-electron chi connectivity index (χ2n) is 8.88. The van der Waals surface area contributed by atoms with Crippen molar-refractivity contribution in [3.05, 3.63) is 89.1 Å². The zero-order valence-corrected chi connectivity index (χ0v) is 21.4. The molecule has 0 atom stereocenters. The highest BCUT2D eigenvalue weighted by molar-refractivity contribution is 6.30. The predicted molar refractivity (Wildman–Crippen MR) is 145 cm³/mol. The van der Waals surface area contributed by atoms with Crippen LogP contribution in [0.15, 0.2) is 66.9 Å². The van der Waals surface area contributed by atoms with Gasteiger partial charge in [-0.1, -0.05) is 18.5 Å². The highest BCUT2D eigenvalue weighted by Gasteiger charge is 2.19. The first-order valence-corrected chi connectivity index (χ1v) is 12.8. The van der Waals surface area contributed by atoms with Crippen molar-refractivity contribution >= 4 is 34.5 Å². The van der Waals surface area contributed by atoms with Gasteiger partial charge in [0.1, 0.15) is 29.5 Å². The summed E-state index contributed by atoms with van der Waals surface area (Å²) in [5.41, 5.74) is 4.11. The highest BCUT2D eigenvalue weighted by Crippen LogP contribution is 2.23. The van der Waals surface area contributed by atoms with Crippen LogP contribution in [0, 0.1) is 5.82 Å². The third kappa shape index (κ3) is 5.64. The summed E-state index contributed by atoms with van der Waals surface area (Å²) in [5, 5.41) is 3.47. The van der Waals surface area contributed by atoms with Gasteiger partial charge in [0.15, 0.2) is 0 Å². The van der Waals surface area contributed by atoms with Crippen molar-refractivity contribution in [1.82, 2.24) is 14.7 Å². The molecule has 1 aliphatic rings. The molecule has 0 spiro atoms. The Morgan fingerprint density at radius 1 is 0.973 bits per heavy atom. The maximum absolute atomic E-state index is 13.2.